The first-order valence-corrected chi connectivity index (χ1v) is 11.9. The number of hydrogen-bond donors (Lipinski definition) is 3. The van der Waals surface area contributed by atoms with Crippen LogP contribution in [0.15, 0.2) is 102 Å². The number of amidine groups is 1. The Morgan fingerprint density at radius 1 is 0.947 bits per heavy atom. The Bertz CT molecular complexity index is 1380. The lowest BCUT2D eigenvalue weighted by Crippen LogP contribution is -2.37. The quantitative estimate of drug-likeness (QED) is 0.120. The van der Waals surface area contributed by atoms with Crippen molar-refractivity contribution < 1.29 is 19.5 Å². The van der Waals surface area contributed by atoms with Gasteiger partial charge in [0.05, 0.1) is 7.11 Å². The lowest BCUT2D eigenvalue weighted by Gasteiger charge is -2.32. The summed E-state index contributed by atoms with van der Waals surface area (Å²) in [4.78, 5) is 18.9. The van der Waals surface area contributed by atoms with Gasteiger partial charge >= 0.3 is 0 Å². The number of oxime groups is 1. The van der Waals surface area contributed by atoms with Gasteiger partial charge in [-0.25, -0.2) is 0 Å². The Hall–Kier alpha value is -5.05. The average Bonchev–Trinajstić information content (AvgIpc) is 2.96. The van der Waals surface area contributed by atoms with E-state index in [9.17, 15) is 4.79 Å². The summed E-state index contributed by atoms with van der Waals surface area (Å²) in [5.41, 5.74) is 15.6. The third-order valence-electron chi connectivity index (χ3n) is 6.03. The average molecular weight is 512 g/mol. The highest BCUT2D eigenvalue weighted by atomic mass is 16.5. The van der Waals surface area contributed by atoms with E-state index in [0.29, 0.717) is 35.8 Å². The Morgan fingerprint density at radius 2 is 1.66 bits per heavy atom. The fraction of sp³-hybridized carbons (Fsp3) is 0.138. The van der Waals surface area contributed by atoms with Crippen molar-refractivity contribution in [2.75, 3.05) is 12.0 Å². The second-order valence-corrected chi connectivity index (χ2v) is 8.50. The fourth-order valence-corrected chi connectivity index (χ4v) is 4.10. The third kappa shape index (κ3) is 6.19. The number of carbonyl (C=O) groups is 1. The van der Waals surface area contributed by atoms with Gasteiger partial charge in [-0.1, -0.05) is 41.6 Å². The van der Waals surface area contributed by atoms with Crippen molar-refractivity contribution in [1.29, 1.82) is 0 Å². The maximum atomic E-state index is 13.0. The minimum Gasteiger partial charge on any atom is -0.493 e. The normalized spacial score (nSPS) is 12.0. The molecule has 0 fully saturated rings. The van der Waals surface area contributed by atoms with Crippen LogP contribution in [0, 0.1) is 0 Å². The molecule has 1 unspecified atom stereocenters. The molecule has 4 rings (SSSR count). The maximum absolute atomic E-state index is 13.0. The zero-order valence-electron chi connectivity index (χ0n) is 20.9. The summed E-state index contributed by atoms with van der Waals surface area (Å²) in [7, 11) is 1.55. The SMILES string of the molecule is COc1cc(C(C(N)=O)N(Cc2ccccc2)c2ccc(/C(N)=N/O)cc2)ccc1OCc1ccncc1. The second-order valence-electron chi connectivity index (χ2n) is 8.50. The van der Waals surface area contributed by atoms with Gasteiger partial charge in [0.25, 0.3) is 0 Å². The summed E-state index contributed by atoms with van der Waals surface area (Å²) in [6.45, 7) is 0.740. The van der Waals surface area contributed by atoms with Crippen molar-refractivity contribution in [2.24, 2.45) is 16.6 Å². The number of methoxy groups -OCH3 is 1. The largest absolute Gasteiger partial charge is 0.493 e. The molecule has 0 saturated heterocycles. The number of nitrogens with two attached hydrogens (primary N) is 2. The first kappa shape index (κ1) is 26.0. The van der Waals surface area contributed by atoms with Crippen molar-refractivity contribution in [3.63, 3.8) is 0 Å². The molecule has 0 bridgehead atoms. The third-order valence-corrected chi connectivity index (χ3v) is 6.03. The smallest absolute Gasteiger partial charge is 0.244 e. The molecule has 3 aromatic carbocycles. The van der Waals surface area contributed by atoms with Crippen LogP contribution in [0.1, 0.15) is 28.3 Å². The van der Waals surface area contributed by atoms with Gasteiger partial charge in [-0.05, 0) is 65.2 Å². The summed E-state index contributed by atoms with van der Waals surface area (Å²) in [6.07, 6.45) is 3.41. The van der Waals surface area contributed by atoms with E-state index in [1.165, 1.54) is 0 Å². The van der Waals surface area contributed by atoms with E-state index in [2.05, 4.69) is 10.1 Å². The van der Waals surface area contributed by atoms with E-state index < -0.39 is 11.9 Å². The summed E-state index contributed by atoms with van der Waals surface area (Å²) < 4.78 is 11.6. The number of aromatic nitrogens is 1. The van der Waals surface area contributed by atoms with Crippen LogP contribution in [0.2, 0.25) is 0 Å². The van der Waals surface area contributed by atoms with Crippen LogP contribution in [0.3, 0.4) is 0 Å². The molecule has 0 aliphatic rings. The topological polar surface area (TPSA) is 136 Å². The molecule has 4 aromatic rings. The van der Waals surface area contributed by atoms with E-state index >= 15 is 0 Å². The van der Waals surface area contributed by atoms with Crippen LogP contribution in [-0.2, 0) is 17.9 Å². The molecular formula is C29H29N5O4. The molecule has 0 radical (unpaired) electrons. The van der Waals surface area contributed by atoms with Crippen LogP contribution in [-0.4, -0.2) is 29.0 Å². The van der Waals surface area contributed by atoms with Crippen molar-refractivity contribution in [3.8, 4) is 11.5 Å². The molecule has 194 valence electrons. The molecule has 9 heteroatoms. The number of anilines is 1. The lowest BCUT2D eigenvalue weighted by atomic mass is 10.0. The predicted octanol–water partition coefficient (Wildman–Crippen LogP) is 4.00. The zero-order valence-corrected chi connectivity index (χ0v) is 20.9. The Labute approximate surface area is 220 Å². The minimum absolute atomic E-state index is 0.00954. The molecule has 0 spiro atoms. The van der Waals surface area contributed by atoms with Gasteiger partial charge in [-0.3, -0.25) is 9.78 Å². The van der Waals surface area contributed by atoms with E-state index in [1.54, 1.807) is 55.9 Å². The van der Waals surface area contributed by atoms with Gasteiger partial charge in [0.2, 0.25) is 5.91 Å². The molecule has 9 nitrogen and oxygen atoms in total. The molecule has 1 amide bonds. The standard InChI is InChI=1S/C29H29N5O4/c1-37-26-17-23(9-12-25(26)38-19-21-13-15-32-16-14-21)27(29(31)35)34(18-20-5-3-2-4-6-20)24-10-7-22(8-11-24)28(30)33-36/h2-17,27,36H,18-19H2,1H3,(H2,30,33)(H2,31,35). The number of benzene rings is 3. The summed E-state index contributed by atoms with van der Waals surface area (Å²) in [6, 6.07) is 25.1. The van der Waals surface area contributed by atoms with Crippen LogP contribution in [0.5, 0.6) is 11.5 Å². The highest BCUT2D eigenvalue weighted by Gasteiger charge is 2.28. The van der Waals surface area contributed by atoms with Crippen molar-refractivity contribution in [3.05, 3.63) is 120 Å². The number of hydrogen-bond acceptors (Lipinski definition) is 7. The summed E-state index contributed by atoms with van der Waals surface area (Å²) in [5.74, 6) is 0.470. The predicted molar refractivity (Wildman–Crippen MR) is 145 cm³/mol. The zero-order chi connectivity index (χ0) is 26.9. The highest BCUT2D eigenvalue weighted by Crippen LogP contribution is 2.35. The molecule has 1 heterocycles. The van der Waals surface area contributed by atoms with Gasteiger partial charge < -0.3 is 31.0 Å². The van der Waals surface area contributed by atoms with Crippen LogP contribution >= 0.6 is 0 Å². The van der Waals surface area contributed by atoms with Gasteiger partial charge in [0, 0.05) is 30.2 Å². The van der Waals surface area contributed by atoms with Crippen LogP contribution in [0.4, 0.5) is 5.69 Å². The Balaban J connectivity index is 1.70. The first-order valence-electron chi connectivity index (χ1n) is 11.9. The Kier molecular flexibility index (Phi) is 8.40. The van der Waals surface area contributed by atoms with Crippen LogP contribution in [0.25, 0.3) is 0 Å². The monoisotopic (exact) mass is 511 g/mol. The minimum atomic E-state index is -0.826. The van der Waals surface area contributed by atoms with Crippen molar-refractivity contribution >= 4 is 17.4 Å². The number of carbonyl (C=O) groups excluding carboxylic acids is 1. The molecule has 0 saturated carbocycles. The molecule has 5 N–H and O–H groups in total. The van der Waals surface area contributed by atoms with Crippen LogP contribution < -0.4 is 25.8 Å². The van der Waals surface area contributed by atoms with E-state index in [4.69, 9.17) is 26.1 Å². The van der Waals surface area contributed by atoms with E-state index in [1.807, 2.05) is 53.4 Å². The van der Waals surface area contributed by atoms with E-state index in [0.717, 1.165) is 16.8 Å². The molecule has 38 heavy (non-hydrogen) atoms. The highest BCUT2D eigenvalue weighted by molar-refractivity contribution is 5.97. The van der Waals surface area contributed by atoms with Gasteiger partial charge in [0.15, 0.2) is 17.3 Å². The first-order chi connectivity index (χ1) is 18.5. The number of amides is 1. The summed E-state index contributed by atoms with van der Waals surface area (Å²) in [5, 5.41) is 12.1. The lowest BCUT2D eigenvalue weighted by molar-refractivity contribution is -0.119. The maximum Gasteiger partial charge on any atom is 0.244 e. The molecule has 0 aliphatic carbocycles. The summed E-state index contributed by atoms with van der Waals surface area (Å²) >= 11 is 0. The number of rotatable bonds is 11. The van der Waals surface area contributed by atoms with Crippen molar-refractivity contribution in [2.45, 2.75) is 19.2 Å². The number of primary amides is 1. The molecule has 1 atom stereocenters. The van der Waals surface area contributed by atoms with Gasteiger partial charge in [0.1, 0.15) is 12.6 Å². The fourth-order valence-electron chi connectivity index (χ4n) is 4.10. The van der Waals surface area contributed by atoms with Gasteiger partial charge in [-0.15, -0.1) is 0 Å². The molecule has 0 aliphatic heterocycles. The number of ether oxygens (including phenoxy) is 2. The molecule has 1 aromatic heterocycles. The van der Waals surface area contributed by atoms with Gasteiger partial charge in [-0.2, -0.15) is 0 Å². The number of pyridine rings is 1. The second kappa shape index (κ2) is 12.3. The molecular weight excluding hydrogens is 482 g/mol. The Morgan fingerprint density at radius 3 is 2.29 bits per heavy atom. The number of nitrogens with zero attached hydrogens (tertiary/aromatic N) is 3. The van der Waals surface area contributed by atoms with E-state index in [-0.39, 0.29) is 5.84 Å². The van der Waals surface area contributed by atoms with Crippen molar-refractivity contribution in [1.82, 2.24) is 4.98 Å².